The van der Waals surface area contributed by atoms with E-state index in [9.17, 15) is 4.79 Å². The molecular weight excluding hydrogens is 519 g/mol. The lowest BCUT2D eigenvalue weighted by Gasteiger charge is -2.33. The molecule has 3 rings (SSSR count). The van der Waals surface area contributed by atoms with Gasteiger partial charge in [-0.15, -0.1) is 24.0 Å². The number of carbonyl (C=O) groups is 1. The van der Waals surface area contributed by atoms with E-state index < -0.39 is 0 Å². The molecule has 1 amide bonds. The highest BCUT2D eigenvalue weighted by Gasteiger charge is 2.25. The van der Waals surface area contributed by atoms with E-state index in [1.54, 1.807) is 6.20 Å². The van der Waals surface area contributed by atoms with Gasteiger partial charge in [0.15, 0.2) is 5.96 Å². The summed E-state index contributed by atoms with van der Waals surface area (Å²) in [6.07, 6.45) is 3.55. The molecule has 174 valence electrons. The van der Waals surface area contributed by atoms with Crippen LogP contribution in [-0.4, -0.2) is 49.6 Å². The molecule has 1 fully saturated rings. The number of pyridine rings is 1. The Balaban J connectivity index is 0.00000363. The fourth-order valence-electron chi connectivity index (χ4n) is 3.60. The summed E-state index contributed by atoms with van der Waals surface area (Å²) in [5.74, 6) is 2.08. The van der Waals surface area contributed by atoms with Gasteiger partial charge in [-0.2, -0.15) is 0 Å². The number of halogens is 1. The Kier molecular flexibility index (Phi) is 11.1. The van der Waals surface area contributed by atoms with Gasteiger partial charge in [-0.05, 0) is 38.0 Å². The minimum absolute atomic E-state index is 0. The highest BCUT2D eigenvalue weighted by atomic mass is 127. The minimum atomic E-state index is -0.239. The maximum atomic E-state index is 11.6. The Bertz CT molecular complexity index is 865. The Morgan fingerprint density at radius 1 is 1.25 bits per heavy atom. The van der Waals surface area contributed by atoms with E-state index in [0.717, 1.165) is 49.0 Å². The predicted octanol–water partition coefficient (Wildman–Crippen LogP) is 2.54. The van der Waals surface area contributed by atoms with Gasteiger partial charge < -0.3 is 26.0 Å². The number of hydrogen-bond acceptors (Lipinski definition) is 5. The Morgan fingerprint density at radius 2 is 2.06 bits per heavy atom. The molecule has 1 aromatic carbocycles. The van der Waals surface area contributed by atoms with Crippen LogP contribution in [0.5, 0.6) is 5.75 Å². The normalized spacial score (nSPS) is 16.1. The second-order valence-electron chi connectivity index (χ2n) is 7.46. The summed E-state index contributed by atoms with van der Waals surface area (Å²) in [6, 6.07) is 13.7. The number of piperidine rings is 1. The number of primary amides is 1. The predicted molar refractivity (Wildman–Crippen MR) is 139 cm³/mol. The number of aliphatic imine (C=N–C) groups is 1. The van der Waals surface area contributed by atoms with Crippen LogP contribution in [-0.2, 0) is 11.3 Å². The van der Waals surface area contributed by atoms with Crippen LogP contribution in [0.15, 0.2) is 53.7 Å². The number of nitrogens with zero attached hydrogens (tertiary/aromatic N) is 3. The number of anilines is 1. The van der Waals surface area contributed by atoms with Crippen LogP contribution >= 0.6 is 24.0 Å². The van der Waals surface area contributed by atoms with E-state index in [1.165, 1.54) is 0 Å². The second-order valence-corrected chi connectivity index (χ2v) is 7.46. The number of guanidine groups is 1. The van der Waals surface area contributed by atoms with Crippen molar-refractivity contribution in [1.82, 2.24) is 15.6 Å². The zero-order valence-corrected chi connectivity index (χ0v) is 20.8. The highest BCUT2D eigenvalue weighted by Crippen LogP contribution is 2.24. The molecule has 1 aromatic heterocycles. The average molecular weight is 552 g/mol. The van der Waals surface area contributed by atoms with E-state index >= 15 is 0 Å². The molecule has 32 heavy (non-hydrogen) atoms. The summed E-state index contributed by atoms with van der Waals surface area (Å²) in [6.45, 7) is 5.92. The van der Waals surface area contributed by atoms with Gasteiger partial charge in [0.25, 0.3) is 0 Å². The molecule has 0 aliphatic carbocycles. The maximum Gasteiger partial charge on any atom is 0.222 e. The fourth-order valence-corrected chi connectivity index (χ4v) is 3.60. The number of carbonyl (C=O) groups excluding carboxylic acids is 1. The number of rotatable bonds is 9. The van der Waals surface area contributed by atoms with Gasteiger partial charge in [0, 0.05) is 31.4 Å². The molecule has 1 unspecified atom stereocenters. The van der Waals surface area contributed by atoms with Crippen LogP contribution in [0, 0.1) is 5.92 Å². The number of ether oxygens (including phenoxy) is 1. The minimum Gasteiger partial charge on any atom is -0.492 e. The van der Waals surface area contributed by atoms with E-state index in [1.807, 2.05) is 49.4 Å². The molecule has 1 aliphatic heterocycles. The summed E-state index contributed by atoms with van der Waals surface area (Å²) in [5.41, 5.74) is 6.56. The van der Waals surface area contributed by atoms with Crippen molar-refractivity contribution >= 4 is 41.7 Å². The average Bonchev–Trinajstić information content (AvgIpc) is 2.81. The van der Waals surface area contributed by atoms with Crippen molar-refractivity contribution < 1.29 is 9.53 Å². The number of hydrogen-bond donors (Lipinski definition) is 3. The molecule has 1 atom stereocenters. The highest BCUT2D eigenvalue weighted by molar-refractivity contribution is 14.0. The molecule has 4 N–H and O–H groups in total. The van der Waals surface area contributed by atoms with Crippen LogP contribution in [0.2, 0.25) is 0 Å². The van der Waals surface area contributed by atoms with Crippen molar-refractivity contribution in [3.8, 4) is 5.75 Å². The molecule has 0 radical (unpaired) electrons. The summed E-state index contributed by atoms with van der Waals surface area (Å²) < 4.78 is 5.73. The van der Waals surface area contributed by atoms with Gasteiger partial charge in [0.1, 0.15) is 18.2 Å². The van der Waals surface area contributed by atoms with E-state index in [0.29, 0.717) is 26.2 Å². The lowest BCUT2D eigenvalue weighted by Crippen LogP contribution is -2.42. The Hall–Kier alpha value is -2.56. The van der Waals surface area contributed by atoms with Gasteiger partial charge >= 0.3 is 0 Å². The first-order valence-corrected chi connectivity index (χ1v) is 10.9. The van der Waals surface area contributed by atoms with Crippen molar-refractivity contribution in [2.24, 2.45) is 16.6 Å². The first-order valence-electron chi connectivity index (χ1n) is 10.9. The van der Waals surface area contributed by atoms with Crippen LogP contribution < -0.4 is 26.0 Å². The SMILES string of the molecule is CCNC(=NCc1cccnc1N1CCCC(C(N)=O)C1)NCCOc1ccccc1.I. The standard InChI is InChI=1S/C23H32N6O2.HI/c1-2-25-23(27-13-15-31-20-10-4-3-5-11-20)28-16-18-8-6-12-26-22(18)29-14-7-9-19(17-29)21(24)30;/h3-6,8,10-12,19H,2,7,9,13-17H2,1H3,(H2,24,30)(H2,25,27,28);1H. The topological polar surface area (TPSA) is 105 Å². The van der Waals surface area contributed by atoms with E-state index in [-0.39, 0.29) is 35.8 Å². The first-order chi connectivity index (χ1) is 15.2. The van der Waals surface area contributed by atoms with Crippen molar-refractivity contribution in [3.63, 3.8) is 0 Å². The van der Waals surface area contributed by atoms with E-state index in [2.05, 4.69) is 20.5 Å². The summed E-state index contributed by atoms with van der Waals surface area (Å²) in [5, 5.41) is 6.56. The molecule has 2 aromatic rings. The first kappa shape index (κ1) is 25.7. The number of para-hydroxylation sites is 1. The molecule has 2 heterocycles. The van der Waals surface area contributed by atoms with Gasteiger partial charge in [0.2, 0.25) is 5.91 Å². The van der Waals surface area contributed by atoms with Gasteiger partial charge in [0.05, 0.1) is 19.0 Å². The fraction of sp³-hybridized carbons (Fsp3) is 0.435. The maximum absolute atomic E-state index is 11.6. The van der Waals surface area contributed by atoms with Crippen LogP contribution in [0.1, 0.15) is 25.3 Å². The largest absolute Gasteiger partial charge is 0.492 e. The van der Waals surface area contributed by atoms with Gasteiger partial charge in [-0.25, -0.2) is 9.98 Å². The lowest BCUT2D eigenvalue weighted by molar-refractivity contribution is -0.122. The third-order valence-corrected chi connectivity index (χ3v) is 5.15. The number of nitrogens with two attached hydrogens (primary N) is 1. The zero-order chi connectivity index (χ0) is 21.9. The third kappa shape index (κ3) is 7.85. The van der Waals surface area contributed by atoms with Crippen molar-refractivity contribution in [3.05, 3.63) is 54.2 Å². The smallest absolute Gasteiger partial charge is 0.222 e. The summed E-state index contributed by atoms with van der Waals surface area (Å²) >= 11 is 0. The zero-order valence-electron chi connectivity index (χ0n) is 18.5. The van der Waals surface area contributed by atoms with Crippen LogP contribution in [0.4, 0.5) is 5.82 Å². The molecule has 0 saturated carbocycles. The Labute approximate surface area is 207 Å². The number of benzene rings is 1. The van der Waals surface area contributed by atoms with Crippen molar-refractivity contribution in [1.29, 1.82) is 0 Å². The monoisotopic (exact) mass is 552 g/mol. The van der Waals surface area contributed by atoms with Crippen molar-refractivity contribution in [2.75, 3.05) is 37.7 Å². The van der Waals surface area contributed by atoms with Crippen LogP contribution in [0.25, 0.3) is 0 Å². The number of amides is 1. The quantitative estimate of drug-likeness (QED) is 0.191. The lowest BCUT2D eigenvalue weighted by atomic mass is 9.97. The number of aromatic nitrogens is 1. The molecule has 1 saturated heterocycles. The van der Waals surface area contributed by atoms with Gasteiger partial charge in [-0.3, -0.25) is 4.79 Å². The molecule has 0 bridgehead atoms. The molecule has 0 spiro atoms. The molecular formula is C23H33IN6O2. The molecule has 1 aliphatic rings. The van der Waals surface area contributed by atoms with E-state index in [4.69, 9.17) is 15.5 Å². The summed E-state index contributed by atoms with van der Waals surface area (Å²) in [4.78, 5) is 23.1. The third-order valence-electron chi connectivity index (χ3n) is 5.15. The Morgan fingerprint density at radius 3 is 2.81 bits per heavy atom. The molecule has 9 heteroatoms. The summed E-state index contributed by atoms with van der Waals surface area (Å²) in [7, 11) is 0. The van der Waals surface area contributed by atoms with Crippen LogP contribution in [0.3, 0.4) is 0 Å². The van der Waals surface area contributed by atoms with Gasteiger partial charge in [-0.1, -0.05) is 24.3 Å². The number of nitrogens with one attached hydrogen (secondary N) is 2. The van der Waals surface area contributed by atoms with Crippen molar-refractivity contribution in [2.45, 2.75) is 26.3 Å². The second kappa shape index (κ2) is 13.8. The molecule has 8 nitrogen and oxygen atoms in total.